The van der Waals surface area contributed by atoms with Gasteiger partial charge in [0.2, 0.25) is 0 Å². The molecule has 0 fully saturated rings. The first kappa shape index (κ1) is 9.92. The van der Waals surface area contributed by atoms with Gasteiger partial charge in [-0.2, -0.15) is 0 Å². The summed E-state index contributed by atoms with van der Waals surface area (Å²) < 4.78 is 5.34. The predicted molar refractivity (Wildman–Crippen MR) is 43.9 cm³/mol. The van der Waals surface area contributed by atoms with Crippen LogP contribution in [0.1, 0.15) is 27.7 Å². The molecule has 1 atom stereocenters. The highest BCUT2D eigenvalue weighted by Crippen LogP contribution is 1.99. The summed E-state index contributed by atoms with van der Waals surface area (Å²) in [5, 5.41) is 0. The fourth-order valence-electron chi connectivity index (χ4n) is 0.496. The van der Waals surface area contributed by atoms with Crippen LogP contribution in [-0.2, 0) is 4.74 Å². The van der Waals surface area contributed by atoms with Crippen LogP contribution in [0.2, 0.25) is 0 Å². The molecule has 2 nitrogen and oxygen atoms in total. The van der Waals surface area contributed by atoms with Crippen LogP contribution in [0.5, 0.6) is 0 Å². The maximum atomic E-state index is 5.74. The molecule has 0 amide bonds. The van der Waals surface area contributed by atoms with Crippen molar-refractivity contribution in [3.63, 3.8) is 0 Å². The van der Waals surface area contributed by atoms with Gasteiger partial charge in [-0.15, -0.1) is 0 Å². The molecule has 0 aromatic rings. The molecule has 0 spiro atoms. The molecule has 0 aliphatic carbocycles. The zero-order valence-corrected chi connectivity index (χ0v) is 7.42. The van der Waals surface area contributed by atoms with Crippen LogP contribution in [0.4, 0.5) is 0 Å². The fourth-order valence-corrected chi connectivity index (χ4v) is 0.496. The minimum Gasteiger partial charge on any atom is -0.377 e. The van der Waals surface area contributed by atoms with Crippen LogP contribution in [-0.4, -0.2) is 18.8 Å². The van der Waals surface area contributed by atoms with E-state index in [1.165, 1.54) is 0 Å². The highest BCUT2D eigenvalue weighted by Gasteiger charge is 2.07. The second-order valence-electron chi connectivity index (χ2n) is 3.29. The van der Waals surface area contributed by atoms with Crippen molar-refractivity contribution >= 4 is 0 Å². The van der Waals surface area contributed by atoms with Crippen LogP contribution in [0, 0.1) is 5.92 Å². The van der Waals surface area contributed by atoms with E-state index in [1.807, 2.05) is 13.8 Å². The lowest BCUT2D eigenvalue weighted by atomic mass is 10.1. The lowest BCUT2D eigenvalue weighted by molar-refractivity contribution is 0.0604. The lowest BCUT2D eigenvalue weighted by Crippen LogP contribution is -2.32. The largest absolute Gasteiger partial charge is 0.377 e. The Morgan fingerprint density at radius 3 is 2.00 bits per heavy atom. The number of hydrogen-bond acceptors (Lipinski definition) is 2. The maximum absolute atomic E-state index is 5.74. The van der Waals surface area contributed by atoms with E-state index in [1.54, 1.807) is 0 Å². The van der Waals surface area contributed by atoms with Crippen molar-refractivity contribution < 1.29 is 4.74 Å². The first-order chi connectivity index (χ1) is 4.54. The second kappa shape index (κ2) is 4.69. The van der Waals surface area contributed by atoms with Crippen LogP contribution in [0.15, 0.2) is 0 Å². The monoisotopic (exact) mass is 145 g/mol. The molecule has 0 aromatic heterocycles. The van der Waals surface area contributed by atoms with E-state index in [0.717, 1.165) is 0 Å². The van der Waals surface area contributed by atoms with E-state index < -0.39 is 0 Å². The Morgan fingerprint density at radius 1 is 1.20 bits per heavy atom. The molecule has 0 heterocycles. The maximum Gasteiger partial charge on any atom is 0.0623 e. The molecule has 0 bridgehead atoms. The van der Waals surface area contributed by atoms with Crippen molar-refractivity contribution in [1.29, 1.82) is 0 Å². The Morgan fingerprint density at radius 2 is 1.70 bits per heavy atom. The summed E-state index contributed by atoms with van der Waals surface area (Å²) in [4.78, 5) is 0. The summed E-state index contributed by atoms with van der Waals surface area (Å²) in [5.74, 6) is 0.513. The summed E-state index contributed by atoms with van der Waals surface area (Å²) in [6.07, 6.45) is 0.296. The van der Waals surface area contributed by atoms with Gasteiger partial charge >= 0.3 is 0 Å². The fraction of sp³-hybridized carbons (Fsp3) is 1.00. The highest BCUT2D eigenvalue weighted by atomic mass is 16.5. The van der Waals surface area contributed by atoms with Crippen LogP contribution >= 0.6 is 0 Å². The molecule has 0 aliphatic heterocycles. The zero-order chi connectivity index (χ0) is 8.15. The van der Waals surface area contributed by atoms with Gasteiger partial charge in [0.25, 0.3) is 0 Å². The van der Waals surface area contributed by atoms with E-state index >= 15 is 0 Å². The molecule has 2 heteroatoms. The van der Waals surface area contributed by atoms with Crippen molar-refractivity contribution in [3.8, 4) is 0 Å². The van der Waals surface area contributed by atoms with Gasteiger partial charge in [-0.05, 0) is 19.8 Å². The molecule has 2 N–H and O–H groups in total. The highest BCUT2D eigenvalue weighted by molar-refractivity contribution is 4.63. The van der Waals surface area contributed by atoms with Crippen molar-refractivity contribution in [2.45, 2.75) is 39.8 Å². The van der Waals surface area contributed by atoms with Crippen molar-refractivity contribution in [2.24, 2.45) is 11.7 Å². The van der Waals surface area contributed by atoms with Crippen molar-refractivity contribution in [2.75, 3.05) is 6.61 Å². The van der Waals surface area contributed by atoms with Gasteiger partial charge in [-0.25, -0.2) is 0 Å². The summed E-state index contributed by atoms with van der Waals surface area (Å²) >= 11 is 0. The third-order valence-electron chi connectivity index (χ3n) is 1.48. The summed E-state index contributed by atoms with van der Waals surface area (Å²) in [6, 6.07) is 0.183. The Balaban J connectivity index is 3.30. The van der Waals surface area contributed by atoms with Crippen LogP contribution in [0.3, 0.4) is 0 Å². The van der Waals surface area contributed by atoms with Gasteiger partial charge < -0.3 is 10.5 Å². The third kappa shape index (κ3) is 4.77. The molecule has 0 saturated heterocycles. The minimum atomic E-state index is 0.183. The average Bonchev–Trinajstić information content (AvgIpc) is 1.82. The van der Waals surface area contributed by atoms with Crippen molar-refractivity contribution in [1.82, 2.24) is 0 Å². The Kier molecular flexibility index (Phi) is 4.65. The zero-order valence-electron chi connectivity index (χ0n) is 7.42. The molecule has 0 aliphatic rings. The van der Waals surface area contributed by atoms with Gasteiger partial charge in [0.1, 0.15) is 0 Å². The molecule has 0 aromatic carbocycles. The van der Waals surface area contributed by atoms with Gasteiger partial charge in [-0.1, -0.05) is 13.8 Å². The van der Waals surface area contributed by atoms with E-state index in [0.29, 0.717) is 18.6 Å². The van der Waals surface area contributed by atoms with Crippen LogP contribution in [0.25, 0.3) is 0 Å². The quantitative estimate of drug-likeness (QED) is 0.649. The SMILES string of the molecule is CC(C)OCC(N)C(C)C. The Hall–Kier alpha value is -0.0800. The molecular weight excluding hydrogens is 126 g/mol. The molecule has 0 rings (SSSR count). The molecule has 0 saturated carbocycles. The van der Waals surface area contributed by atoms with Gasteiger partial charge in [0.05, 0.1) is 12.7 Å². The minimum absolute atomic E-state index is 0.183. The molecule has 62 valence electrons. The smallest absolute Gasteiger partial charge is 0.0623 e. The molecular formula is C8H19NO. The lowest BCUT2D eigenvalue weighted by Gasteiger charge is -2.16. The van der Waals surface area contributed by atoms with Gasteiger partial charge in [0.15, 0.2) is 0 Å². The molecule has 10 heavy (non-hydrogen) atoms. The topological polar surface area (TPSA) is 35.2 Å². The predicted octanol–water partition coefficient (Wildman–Crippen LogP) is 1.39. The first-order valence-electron chi connectivity index (χ1n) is 3.91. The summed E-state index contributed by atoms with van der Waals surface area (Å²) in [5.41, 5.74) is 5.74. The van der Waals surface area contributed by atoms with Crippen LogP contribution < -0.4 is 5.73 Å². The second-order valence-corrected chi connectivity index (χ2v) is 3.29. The first-order valence-corrected chi connectivity index (χ1v) is 3.91. The van der Waals surface area contributed by atoms with E-state index in [-0.39, 0.29) is 6.04 Å². The Bertz CT molecular complexity index is 81.3. The van der Waals surface area contributed by atoms with Crippen molar-refractivity contribution in [3.05, 3.63) is 0 Å². The average molecular weight is 145 g/mol. The normalized spacial score (nSPS) is 14.7. The van der Waals surface area contributed by atoms with Gasteiger partial charge in [0, 0.05) is 6.04 Å². The number of nitrogens with two attached hydrogens (primary N) is 1. The molecule has 0 radical (unpaired) electrons. The summed E-state index contributed by atoms with van der Waals surface area (Å²) in [7, 11) is 0. The van der Waals surface area contributed by atoms with Gasteiger partial charge in [-0.3, -0.25) is 0 Å². The summed E-state index contributed by atoms with van der Waals surface area (Å²) in [6.45, 7) is 8.93. The Labute approximate surface area is 63.7 Å². The third-order valence-corrected chi connectivity index (χ3v) is 1.48. The number of rotatable bonds is 4. The molecule has 1 unspecified atom stereocenters. The number of ether oxygens (including phenoxy) is 1. The van der Waals surface area contributed by atoms with E-state index in [2.05, 4.69) is 13.8 Å². The number of hydrogen-bond donors (Lipinski definition) is 1. The van der Waals surface area contributed by atoms with E-state index in [9.17, 15) is 0 Å². The standard InChI is InChI=1S/C8H19NO/c1-6(2)8(9)5-10-7(3)4/h6-8H,5,9H2,1-4H3. The van der Waals surface area contributed by atoms with E-state index in [4.69, 9.17) is 10.5 Å².